The van der Waals surface area contributed by atoms with Crippen molar-refractivity contribution in [2.24, 2.45) is 0 Å². The number of amides is 1. The molecule has 4 nitrogen and oxygen atoms in total. The molecule has 0 aliphatic heterocycles. The third-order valence-electron chi connectivity index (χ3n) is 3.20. The van der Waals surface area contributed by atoms with E-state index < -0.39 is 11.4 Å². The standard InChI is InChI=1S/C13H14BrNO3/c1-18-11(16)8-15-12(17)13(6-7-13)9-2-4-10(14)5-3-9/h2-5H,6-8H2,1H3,(H,15,17). The van der Waals surface area contributed by atoms with E-state index in [2.05, 4.69) is 26.0 Å². The summed E-state index contributed by atoms with van der Waals surface area (Å²) in [5.41, 5.74) is 0.544. The highest BCUT2D eigenvalue weighted by Crippen LogP contribution is 2.48. The Morgan fingerprint density at radius 2 is 1.94 bits per heavy atom. The molecule has 1 saturated carbocycles. The molecule has 1 aromatic carbocycles. The second-order valence-corrected chi connectivity index (χ2v) is 5.26. The fourth-order valence-electron chi connectivity index (χ4n) is 1.93. The number of esters is 1. The van der Waals surface area contributed by atoms with Gasteiger partial charge in [0.1, 0.15) is 6.54 Å². The van der Waals surface area contributed by atoms with E-state index >= 15 is 0 Å². The number of carbonyl (C=O) groups excluding carboxylic acids is 2. The van der Waals surface area contributed by atoms with E-state index in [0.29, 0.717) is 0 Å². The first-order valence-corrected chi connectivity index (χ1v) is 6.49. The Bertz CT molecular complexity index is 466. The first kappa shape index (κ1) is 13.1. The fraction of sp³-hybridized carbons (Fsp3) is 0.385. The highest BCUT2D eigenvalue weighted by molar-refractivity contribution is 9.10. The molecule has 2 rings (SSSR count). The molecule has 1 aliphatic carbocycles. The van der Waals surface area contributed by atoms with Crippen LogP contribution in [0.3, 0.4) is 0 Å². The van der Waals surface area contributed by atoms with Gasteiger partial charge < -0.3 is 10.1 Å². The molecule has 1 aromatic rings. The maximum atomic E-state index is 12.1. The maximum Gasteiger partial charge on any atom is 0.325 e. The molecule has 0 aromatic heterocycles. The highest BCUT2D eigenvalue weighted by Gasteiger charge is 2.51. The van der Waals surface area contributed by atoms with E-state index in [0.717, 1.165) is 22.9 Å². The number of nitrogens with one attached hydrogen (secondary N) is 1. The number of ether oxygens (including phenoxy) is 1. The van der Waals surface area contributed by atoms with Crippen LogP contribution in [0.1, 0.15) is 18.4 Å². The van der Waals surface area contributed by atoms with E-state index in [4.69, 9.17) is 0 Å². The van der Waals surface area contributed by atoms with Crippen LogP contribution in [0, 0.1) is 0 Å². The number of halogens is 1. The number of methoxy groups -OCH3 is 1. The van der Waals surface area contributed by atoms with Gasteiger partial charge in [-0.1, -0.05) is 28.1 Å². The lowest BCUT2D eigenvalue weighted by Gasteiger charge is -2.15. The monoisotopic (exact) mass is 311 g/mol. The van der Waals surface area contributed by atoms with Crippen LogP contribution in [0.5, 0.6) is 0 Å². The predicted molar refractivity (Wildman–Crippen MR) is 70.1 cm³/mol. The van der Waals surface area contributed by atoms with E-state index in [-0.39, 0.29) is 12.5 Å². The van der Waals surface area contributed by atoms with Crippen molar-refractivity contribution in [3.8, 4) is 0 Å². The maximum absolute atomic E-state index is 12.1. The van der Waals surface area contributed by atoms with Gasteiger partial charge in [-0.2, -0.15) is 0 Å². The van der Waals surface area contributed by atoms with Crippen LogP contribution in [0.25, 0.3) is 0 Å². The SMILES string of the molecule is COC(=O)CNC(=O)C1(c2ccc(Br)cc2)CC1. The molecule has 0 saturated heterocycles. The lowest BCUT2D eigenvalue weighted by Crippen LogP contribution is -2.38. The largest absolute Gasteiger partial charge is 0.468 e. The van der Waals surface area contributed by atoms with Crippen LogP contribution < -0.4 is 5.32 Å². The van der Waals surface area contributed by atoms with Crippen molar-refractivity contribution in [2.45, 2.75) is 18.3 Å². The average Bonchev–Trinajstić information content (AvgIpc) is 3.17. The Morgan fingerprint density at radius 3 is 2.44 bits per heavy atom. The lowest BCUT2D eigenvalue weighted by atomic mass is 9.95. The van der Waals surface area contributed by atoms with Crippen LogP contribution in [0.2, 0.25) is 0 Å². The van der Waals surface area contributed by atoms with Crippen LogP contribution in [-0.2, 0) is 19.7 Å². The molecular weight excluding hydrogens is 298 g/mol. The van der Waals surface area contributed by atoms with Crippen LogP contribution in [0.4, 0.5) is 0 Å². The number of benzene rings is 1. The second kappa shape index (κ2) is 5.10. The Morgan fingerprint density at radius 1 is 1.33 bits per heavy atom. The summed E-state index contributed by atoms with van der Waals surface area (Å²) in [5.74, 6) is -0.537. The number of rotatable bonds is 4. The summed E-state index contributed by atoms with van der Waals surface area (Å²) >= 11 is 3.37. The summed E-state index contributed by atoms with van der Waals surface area (Å²) in [6.45, 7) is -0.0758. The highest BCUT2D eigenvalue weighted by atomic mass is 79.9. The first-order chi connectivity index (χ1) is 8.58. The summed E-state index contributed by atoms with van der Waals surface area (Å²) in [4.78, 5) is 23.1. The van der Waals surface area contributed by atoms with Gasteiger partial charge in [-0.25, -0.2) is 0 Å². The van der Waals surface area contributed by atoms with Gasteiger partial charge in [-0.05, 0) is 30.5 Å². The Kier molecular flexibility index (Phi) is 3.71. The molecule has 0 heterocycles. The third kappa shape index (κ3) is 2.56. The van der Waals surface area contributed by atoms with E-state index in [9.17, 15) is 9.59 Å². The molecule has 1 amide bonds. The average molecular weight is 312 g/mol. The summed E-state index contributed by atoms with van der Waals surface area (Å²) in [6, 6.07) is 7.72. The molecular formula is C13H14BrNO3. The molecule has 0 spiro atoms. The minimum atomic E-state index is -0.450. The fourth-order valence-corrected chi connectivity index (χ4v) is 2.20. The molecule has 18 heavy (non-hydrogen) atoms. The minimum Gasteiger partial charge on any atom is -0.468 e. The molecule has 1 aliphatic rings. The van der Waals surface area contributed by atoms with Gasteiger partial charge in [-0.15, -0.1) is 0 Å². The van der Waals surface area contributed by atoms with Gasteiger partial charge in [0, 0.05) is 4.47 Å². The third-order valence-corrected chi connectivity index (χ3v) is 3.73. The van der Waals surface area contributed by atoms with Gasteiger partial charge in [0.15, 0.2) is 0 Å². The Hall–Kier alpha value is -1.36. The normalized spacial score (nSPS) is 15.9. The minimum absolute atomic E-state index is 0.0758. The van der Waals surface area contributed by atoms with Crippen molar-refractivity contribution in [1.29, 1.82) is 0 Å². The zero-order valence-corrected chi connectivity index (χ0v) is 11.6. The number of hydrogen-bond acceptors (Lipinski definition) is 3. The second-order valence-electron chi connectivity index (χ2n) is 4.35. The molecule has 96 valence electrons. The summed E-state index contributed by atoms with van der Waals surface area (Å²) in [7, 11) is 1.30. The van der Waals surface area contributed by atoms with Crippen molar-refractivity contribution in [3.63, 3.8) is 0 Å². The molecule has 0 unspecified atom stereocenters. The Labute approximate surface area is 114 Å². The van der Waals surface area contributed by atoms with Crippen molar-refractivity contribution in [2.75, 3.05) is 13.7 Å². The molecule has 5 heteroatoms. The predicted octanol–water partition coefficient (Wildman–Crippen LogP) is 1.77. The summed E-state index contributed by atoms with van der Waals surface area (Å²) < 4.78 is 5.48. The molecule has 1 N–H and O–H groups in total. The van der Waals surface area contributed by atoms with Gasteiger partial charge in [0.05, 0.1) is 12.5 Å². The lowest BCUT2D eigenvalue weighted by molar-refractivity contribution is -0.141. The zero-order chi connectivity index (χ0) is 13.2. The van der Waals surface area contributed by atoms with E-state index in [1.54, 1.807) is 0 Å². The van der Waals surface area contributed by atoms with Gasteiger partial charge in [-0.3, -0.25) is 9.59 Å². The number of carbonyl (C=O) groups is 2. The van der Waals surface area contributed by atoms with Crippen molar-refractivity contribution in [1.82, 2.24) is 5.32 Å². The summed E-state index contributed by atoms with van der Waals surface area (Å²) in [6.07, 6.45) is 1.64. The van der Waals surface area contributed by atoms with E-state index in [1.165, 1.54) is 7.11 Å². The smallest absolute Gasteiger partial charge is 0.325 e. The topological polar surface area (TPSA) is 55.4 Å². The molecule has 0 radical (unpaired) electrons. The molecule has 1 fully saturated rings. The van der Waals surface area contributed by atoms with Crippen LogP contribution >= 0.6 is 15.9 Å². The van der Waals surface area contributed by atoms with Crippen LogP contribution in [0.15, 0.2) is 28.7 Å². The molecule has 0 bridgehead atoms. The molecule has 0 atom stereocenters. The Balaban J connectivity index is 2.05. The van der Waals surface area contributed by atoms with E-state index in [1.807, 2.05) is 24.3 Å². The quantitative estimate of drug-likeness (QED) is 0.862. The van der Waals surface area contributed by atoms with Gasteiger partial charge in [0.2, 0.25) is 5.91 Å². The van der Waals surface area contributed by atoms with Crippen molar-refractivity contribution < 1.29 is 14.3 Å². The zero-order valence-electron chi connectivity index (χ0n) is 10.0. The first-order valence-electron chi connectivity index (χ1n) is 5.70. The number of hydrogen-bond donors (Lipinski definition) is 1. The van der Waals surface area contributed by atoms with Crippen molar-refractivity contribution >= 4 is 27.8 Å². The van der Waals surface area contributed by atoms with Crippen LogP contribution in [-0.4, -0.2) is 25.5 Å². The van der Waals surface area contributed by atoms with Gasteiger partial charge >= 0.3 is 5.97 Å². The summed E-state index contributed by atoms with van der Waals surface area (Å²) in [5, 5.41) is 2.62. The van der Waals surface area contributed by atoms with Crippen molar-refractivity contribution in [3.05, 3.63) is 34.3 Å². The van der Waals surface area contributed by atoms with Gasteiger partial charge in [0.25, 0.3) is 0 Å².